The highest BCUT2D eigenvalue weighted by Crippen LogP contribution is 2.14. The van der Waals surface area contributed by atoms with Crippen molar-refractivity contribution < 1.29 is 14.4 Å². The van der Waals surface area contributed by atoms with Gasteiger partial charge in [-0.2, -0.15) is 0 Å². The molecule has 3 nitrogen and oxygen atoms in total. The van der Waals surface area contributed by atoms with E-state index in [2.05, 4.69) is 34.9 Å². The summed E-state index contributed by atoms with van der Waals surface area (Å²) in [6, 6.07) is 0. The summed E-state index contributed by atoms with van der Waals surface area (Å²) in [5, 5.41) is 9.92. The number of unbranched alkanes of at least 4 members (excludes halogenated alkanes) is 22. The molecule has 224 valence electrons. The van der Waals surface area contributed by atoms with Crippen molar-refractivity contribution in [3.05, 3.63) is 0 Å². The largest absolute Gasteiger partial charge is 0.550 e. The molecule has 37 heavy (non-hydrogen) atoms. The average Bonchev–Trinajstić information content (AvgIpc) is 2.86. The predicted octanol–water partition coefficient (Wildman–Crippen LogP) is 10.0. The lowest BCUT2D eigenvalue weighted by Crippen LogP contribution is -2.41. The van der Waals surface area contributed by atoms with Gasteiger partial charge in [-0.25, -0.2) is 0 Å². The third-order valence-electron chi connectivity index (χ3n) is 7.72. The van der Waals surface area contributed by atoms with E-state index in [0.29, 0.717) is 0 Å². The van der Waals surface area contributed by atoms with E-state index in [9.17, 15) is 9.90 Å². The third-order valence-corrected chi connectivity index (χ3v) is 7.72. The van der Waals surface area contributed by atoms with Crippen molar-refractivity contribution in [2.75, 3.05) is 27.2 Å². The van der Waals surface area contributed by atoms with Gasteiger partial charge in [0, 0.05) is 5.97 Å². The first-order chi connectivity index (χ1) is 17.9. The lowest BCUT2D eigenvalue weighted by atomic mass is 10.1. The van der Waals surface area contributed by atoms with E-state index in [1.165, 1.54) is 159 Å². The Morgan fingerprint density at radius 1 is 0.432 bits per heavy atom. The van der Waals surface area contributed by atoms with Gasteiger partial charge in [0.1, 0.15) is 0 Å². The fourth-order valence-corrected chi connectivity index (χ4v) is 5.04. The molecule has 0 heterocycles. The van der Waals surface area contributed by atoms with Gasteiger partial charge in [0.25, 0.3) is 0 Å². The van der Waals surface area contributed by atoms with Gasteiger partial charge in [0.2, 0.25) is 0 Å². The highest BCUT2D eigenvalue weighted by atomic mass is 16.4. The van der Waals surface area contributed by atoms with Gasteiger partial charge in [-0.15, -0.1) is 0 Å². The van der Waals surface area contributed by atoms with Crippen LogP contribution in [-0.2, 0) is 4.79 Å². The van der Waals surface area contributed by atoms with Crippen LogP contribution in [0.2, 0.25) is 0 Å². The number of carboxylic acid groups (broad SMARTS) is 1. The molecule has 0 bridgehead atoms. The van der Waals surface area contributed by atoms with Crippen molar-refractivity contribution in [2.45, 2.75) is 188 Å². The molecule has 0 aliphatic carbocycles. The van der Waals surface area contributed by atoms with Crippen LogP contribution in [-0.4, -0.2) is 37.6 Å². The maximum Gasteiger partial charge on any atom is 0.0782 e. The number of aliphatic carboxylic acids is 1. The minimum Gasteiger partial charge on any atom is -0.550 e. The molecule has 0 saturated carbocycles. The molecule has 0 atom stereocenters. The van der Waals surface area contributed by atoms with Gasteiger partial charge in [-0.3, -0.25) is 0 Å². The lowest BCUT2D eigenvalue weighted by molar-refractivity contribution is -0.890. The maximum atomic E-state index is 9.92. The lowest BCUT2D eigenvalue weighted by Gasteiger charge is -2.30. The number of hydrogen-bond donors (Lipinski definition) is 0. The van der Waals surface area contributed by atoms with Crippen LogP contribution in [0, 0.1) is 0 Å². The molecule has 0 aromatic carbocycles. The first kappa shape index (κ1) is 38.6. The number of rotatable bonds is 28. The maximum absolute atomic E-state index is 9.92. The molecular weight excluding hydrogens is 454 g/mol. The molecule has 0 rings (SSSR count). The SMILES string of the molecule is CCCCCCCC(=O)[O-].CCCCCCCCCCCC[N+](C)(C)CCCCCCCCCCCC. The van der Waals surface area contributed by atoms with Gasteiger partial charge < -0.3 is 14.4 Å². The number of nitrogens with zero attached hydrogens (tertiary/aromatic N) is 1. The van der Waals surface area contributed by atoms with Crippen LogP contribution in [0.15, 0.2) is 0 Å². The normalized spacial score (nSPS) is 11.4. The van der Waals surface area contributed by atoms with Gasteiger partial charge in [0.05, 0.1) is 27.2 Å². The second kappa shape index (κ2) is 31.6. The van der Waals surface area contributed by atoms with Crippen LogP contribution in [0.3, 0.4) is 0 Å². The van der Waals surface area contributed by atoms with Crippen molar-refractivity contribution >= 4 is 5.97 Å². The number of carbonyl (C=O) groups excluding carboxylic acids is 1. The van der Waals surface area contributed by atoms with Crippen molar-refractivity contribution in [3.63, 3.8) is 0 Å². The zero-order chi connectivity index (χ0) is 27.9. The first-order valence-corrected chi connectivity index (χ1v) is 16.9. The van der Waals surface area contributed by atoms with Gasteiger partial charge in [0.15, 0.2) is 0 Å². The smallest absolute Gasteiger partial charge is 0.0782 e. The van der Waals surface area contributed by atoms with Gasteiger partial charge >= 0.3 is 0 Å². The molecule has 0 aliphatic rings. The number of carbonyl (C=O) groups is 1. The molecule has 0 aromatic rings. The van der Waals surface area contributed by atoms with E-state index in [1.807, 2.05) is 0 Å². The fraction of sp³-hybridized carbons (Fsp3) is 0.971. The molecule has 0 saturated heterocycles. The van der Waals surface area contributed by atoms with Gasteiger partial charge in [-0.1, -0.05) is 149 Å². The number of hydrogen-bond acceptors (Lipinski definition) is 2. The van der Waals surface area contributed by atoms with E-state index < -0.39 is 5.97 Å². The summed E-state index contributed by atoms with van der Waals surface area (Å²) in [6.45, 7) is 9.51. The Hall–Kier alpha value is -0.570. The van der Waals surface area contributed by atoms with Crippen molar-refractivity contribution in [3.8, 4) is 0 Å². The summed E-state index contributed by atoms with van der Waals surface area (Å²) in [5.41, 5.74) is 0. The van der Waals surface area contributed by atoms with Crippen molar-refractivity contribution in [1.82, 2.24) is 0 Å². The summed E-state index contributed by atoms with van der Waals surface area (Å²) in [4.78, 5) is 9.92. The zero-order valence-corrected chi connectivity index (χ0v) is 26.6. The standard InChI is InChI=1S/C26H56N.C8H16O2/c1-5-7-9-11-13-15-17-19-21-23-25-27(3,4)26-24-22-20-18-16-14-12-10-8-6-2;1-2-3-4-5-6-7-8(9)10/h5-26H2,1-4H3;2-7H2,1H3,(H,9,10)/q+1;/p-1. The summed E-state index contributed by atoms with van der Waals surface area (Å²) >= 11 is 0. The van der Waals surface area contributed by atoms with E-state index >= 15 is 0 Å². The van der Waals surface area contributed by atoms with E-state index in [-0.39, 0.29) is 6.42 Å². The van der Waals surface area contributed by atoms with E-state index in [4.69, 9.17) is 0 Å². The Kier molecular flexibility index (Phi) is 33.0. The Labute approximate surface area is 235 Å². The number of quaternary nitrogens is 1. The molecule has 0 aromatic heterocycles. The second-order valence-corrected chi connectivity index (χ2v) is 12.3. The van der Waals surface area contributed by atoms with Crippen LogP contribution in [0.1, 0.15) is 188 Å². The summed E-state index contributed by atoms with van der Waals surface area (Å²) < 4.78 is 1.24. The summed E-state index contributed by atoms with van der Waals surface area (Å²) in [5.74, 6) is -0.920. The quantitative estimate of drug-likeness (QED) is 0.0753. The topological polar surface area (TPSA) is 40.1 Å². The molecule has 0 fully saturated rings. The molecule has 0 radical (unpaired) electrons. The van der Waals surface area contributed by atoms with E-state index in [1.54, 1.807) is 0 Å². The minimum atomic E-state index is -0.920. The van der Waals surface area contributed by atoms with E-state index in [0.717, 1.165) is 19.3 Å². The Morgan fingerprint density at radius 3 is 0.946 bits per heavy atom. The molecule has 0 aliphatic heterocycles. The Bertz CT molecular complexity index is 410. The molecule has 0 N–H and O–H groups in total. The molecular formula is C34H71NO2. The van der Waals surface area contributed by atoms with Crippen LogP contribution in [0.25, 0.3) is 0 Å². The van der Waals surface area contributed by atoms with Crippen LogP contribution < -0.4 is 5.11 Å². The highest BCUT2D eigenvalue weighted by Gasteiger charge is 2.13. The van der Waals surface area contributed by atoms with Crippen LogP contribution in [0.4, 0.5) is 0 Å². The second-order valence-electron chi connectivity index (χ2n) is 12.3. The third kappa shape index (κ3) is 37.6. The molecule has 0 unspecified atom stereocenters. The highest BCUT2D eigenvalue weighted by molar-refractivity contribution is 5.64. The van der Waals surface area contributed by atoms with Crippen LogP contribution in [0.5, 0.6) is 0 Å². The molecule has 0 amide bonds. The van der Waals surface area contributed by atoms with Crippen LogP contribution >= 0.6 is 0 Å². The predicted molar refractivity (Wildman–Crippen MR) is 164 cm³/mol. The summed E-state index contributed by atoms with van der Waals surface area (Å²) in [6.07, 6.45) is 34.6. The van der Waals surface area contributed by atoms with Crippen molar-refractivity contribution in [1.29, 1.82) is 0 Å². The van der Waals surface area contributed by atoms with Gasteiger partial charge in [-0.05, 0) is 38.5 Å². The van der Waals surface area contributed by atoms with Crippen molar-refractivity contribution in [2.24, 2.45) is 0 Å². The zero-order valence-electron chi connectivity index (χ0n) is 26.6. The minimum absolute atomic E-state index is 0.226. The fourth-order valence-electron chi connectivity index (χ4n) is 5.04. The first-order valence-electron chi connectivity index (χ1n) is 16.9. The Morgan fingerprint density at radius 2 is 0.676 bits per heavy atom. The summed E-state index contributed by atoms with van der Waals surface area (Å²) in [7, 11) is 4.89. The molecule has 0 spiro atoms. The average molecular weight is 526 g/mol. The molecule has 3 heteroatoms. The number of carboxylic acids is 1. The Balaban J connectivity index is 0. The monoisotopic (exact) mass is 526 g/mol.